The Hall–Kier alpha value is -2.31. The summed E-state index contributed by atoms with van der Waals surface area (Å²) in [7, 11) is 0. The van der Waals surface area contributed by atoms with Crippen molar-refractivity contribution in [3.05, 3.63) is 24.8 Å². The molecule has 1 amide bonds. The SMILES string of the molecule is CC(C)(C)OC(=O)NNc1nccn2ccnc12. The van der Waals surface area contributed by atoms with Crippen molar-refractivity contribution in [1.82, 2.24) is 19.8 Å². The van der Waals surface area contributed by atoms with Gasteiger partial charge in [-0.15, -0.1) is 0 Å². The molecule has 0 fully saturated rings. The molecule has 2 rings (SSSR count). The molecule has 0 saturated carbocycles. The number of hydrazine groups is 1. The minimum atomic E-state index is -0.571. The lowest BCUT2D eigenvalue weighted by Crippen LogP contribution is -2.36. The van der Waals surface area contributed by atoms with Crippen molar-refractivity contribution in [3.63, 3.8) is 0 Å². The third-order valence-electron chi connectivity index (χ3n) is 1.99. The quantitative estimate of drug-likeness (QED) is 0.790. The third kappa shape index (κ3) is 2.88. The summed E-state index contributed by atoms with van der Waals surface area (Å²) in [6.45, 7) is 5.38. The van der Waals surface area contributed by atoms with E-state index in [0.717, 1.165) is 0 Å². The minimum absolute atomic E-state index is 0.452. The highest BCUT2D eigenvalue weighted by Crippen LogP contribution is 2.10. The largest absolute Gasteiger partial charge is 0.443 e. The van der Waals surface area contributed by atoms with Crippen LogP contribution in [0.15, 0.2) is 24.8 Å². The van der Waals surface area contributed by atoms with Gasteiger partial charge in [0.15, 0.2) is 11.5 Å². The molecule has 0 spiro atoms. The van der Waals surface area contributed by atoms with Crippen molar-refractivity contribution in [2.75, 3.05) is 5.43 Å². The van der Waals surface area contributed by atoms with Gasteiger partial charge >= 0.3 is 6.09 Å². The minimum Gasteiger partial charge on any atom is -0.443 e. The second-order valence-corrected chi connectivity index (χ2v) is 4.69. The maximum atomic E-state index is 11.5. The van der Waals surface area contributed by atoms with Crippen molar-refractivity contribution in [2.24, 2.45) is 0 Å². The first-order chi connectivity index (χ1) is 8.46. The summed E-state index contributed by atoms with van der Waals surface area (Å²) < 4.78 is 6.87. The van der Waals surface area contributed by atoms with Crippen LogP contribution in [0.2, 0.25) is 0 Å². The van der Waals surface area contributed by atoms with Crippen molar-refractivity contribution in [1.29, 1.82) is 0 Å². The van der Waals surface area contributed by atoms with Crippen LogP contribution < -0.4 is 10.9 Å². The van der Waals surface area contributed by atoms with Crippen LogP contribution in [0, 0.1) is 0 Å². The normalized spacial score (nSPS) is 11.3. The topological polar surface area (TPSA) is 80.5 Å². The van der Waals surface area contributed by atoms with Crippen molar-refractivity contribution in [2.45, 2.75) is 26.4 Å². The lowest BCUT2D eigenvalue weighted by molar-refractivity contribution is 0.0541. The predicted octanol–water partition coefficient (Wildman–Crippen LogP) is 1.58. The summed E-state index contributed by atoms with van der Waals surface area (Å²) in [5.41, 5.74) is 5.16. The highest BCUT2D eigenvalue weighted by atomic mass is 16.6. The molecule has 0 radical (unpaired) electrons. The molecular weight excluding hydrogens is 234 g/mol. The molecule has 18 heavy (non-hydrogen) atoms. The van der Waals surface area contributed by atoms with Gasteiger partial charge in [-0.05, 0) is 20.8 Å². The molecule has 0 aliphatic rings. The number of fused-ring (bicyclic) bond motifs is 1. The Kier molecular flexibility index (Phi) is 3.05. The first-order valence-corrected chi connectivity index (χ1v) is 5.48. The van der Waals surface area contributed by atoms with Crippen LogP contribution in [-0.2, 0) is 4.74 Å². The van der Waals surface area contributed by atoms with Gasteiger partial charge in [0.2, 0.25) is 0 Å². The number of nitrogens with zero attached hydrogens (tertiary/aromatic N) is 3. The van der Waals surface area contributed by atoms with Crippen LogP contribution in [-0.4, -0.2) is 26.1 Å². The summed E-state index contributed by atoms with van der Waals surface area (Å²) in [6.07, 6.45) is 6.23. The lowest BCUT2D eigenvalue weighted by atomic mass is 10.2. The fourth-order valence-electron chi connectivity index (χ4n) is 1.36. The molecule has 0 unspecified atom stereocenters. The Morgan fingerprint density at radius 1 is 1.28 bits per heavy atom. The van der Waals surface area contributed by atoms with Gasteiger partial charge in [0, 0.05) is 24.8 Å². The van der Waals surface area contributed by atoms with E-state index in [0.29, 0.717) is 11.5 Å². The Bertz CT molecular complexity index is 558. The third-order valence-corrected chi connectivity index (χ3v) is 1.99. The fourth-order valence-corrected chi connectivity index (χ4v) is 1.36. The number of hydrogen-bond donors (Lipinski definition) is 2. The number of imidazole rings is 1. The number of carbonyl (C=O) groups excluding carboxylic acids is 1. The summed E-state index contributed by atoms with van der Waals surface area (Å²) in [5, 5.41) is 0. The van der Waals surface area contributed by atoms with Crippen LogP contribution in [0.3, 0.4) is 0 Å². The zero-order chi connectivity index (χ0) is 13.2. The Morgan fingerprint density at radius 2 is 1.94 bits per heavy atom. The highest BCUT2D eigenvalue weighted by molar-refractivity contribution is 5.71. The first-order valence-electron chi connectivity index (χ1n) is 5.48. The zero-order valence-corrected chi connectivity index (χ0v) is 10.5. The van der Waals surface area contributed by atoms with E-state index < -0.39 is 11.7 Å². The number of aromatic nitrogens is 3. The molecule has 2 heterocycles. The Morgan fingerprint density at radius 3 is 2.61 bits per heavy atom. The number of hydrogen-bond acceptors (Lipinski definition) is 5. The average Bonchev–Trinajstić information content (AvgIpc) is 2.72. The van der Waals surface area contributed by atoms with Gasteiger partial charge in [0.1, 0.15) is 5.60 Å². The highest BCUT2D eigenvalue weighted by Gasteiger charge is 2.16. The summed E-state index contributed by atoms with van der Waals surface area (Å²) >= 11 is 0. The van der Waals surface area contributed by atoms with E-state index in [2.05, 4.69) is 20.8 Å². The summed E-state index contributed by atoms with van der Waals surface area (Å²) in [6, 6.07) is 0. The van der Waals surface area contributed by atoms with E-state index in [9.17, 15) is 4.79 Å². The molecule has 2 aromatic rings. The summed E-state index contributed by atoms with van der Waals surface area (Å²) in [4.78, 5) is 19.7. The number of amides is 1. The number of anilines is 1. The molecule has 0 saturated heterocycles. The molecular formula is C11H15N5O2. The van der Waals surface area contributed by atoms with Crippen molar-refractivity contribution < 1.29 is 9.53 Å². The van der Waals surface area contributed by atoms with Crippen molar-refractivity contribution in [3.8, 4) is 0 Å². The van der Waals surface area contributed by atoms with Gasteiger partial charge in [0.05, 0.1) is 0 Å². The molecule has 2 aromatic heterocycles. The first kappa shape index (κ1) is 12.2. The predicted molar refractivity (Wildman–Crippen MR) is 66.0 cm³/mol. The maximum Gasteiger partial charge on any atom is 0.426 e. The number of rotatable bonds is 2. The van der Waals surface area contributed by atoms with E-state index in [1.165, 1.54) is 0 Å². The molecule has 0 aromatic carbocycles. The van der Waals surface area contributed by atoms with Crippen LogP contribution in [0.1, 0.15) is 20.8 Å². The van der Waals surface area contributed by atoms with E-state index in [1.54, 1.807) is 50.0 Å². The van der Waals surface area contributed by atoms with Crippen molar-refractivity contribution >= 4 is 17.6 Å². The van der Waals surface area contributed by atoms with Crippen LogP contribution in [0.5, 0.6) is 0 Å². The van der Waals surface area contributed by atoms with E-state index in [-0.39, 0.29) is 0 Å². The van der Waals surface area contributed by atoms with Gasteiger partial charge in [-0.3, -0.25) is 5.43 Å². The molecule has 0 bridgehead atoms. The molecule has 7 heteroatoms. The smallest absolute Gasteiger partial charge is 0.426 e. The summed E-state index contributed by atoms with van der Waals surface area (Å²) in [5.74, 6) is 0.452. The van der Waals surface area contributed by atoms with Crippen LogP contribution in [0.25, 0.3) is 5.65 Å². The van der Waals surface area contributed by atoms with Gasteiger partial charge in [-0.2, -0.15) is 0 Å². The molecule has 0 aliphatic heterocycles. The number of carbonyl (C=O) groups is 1. The number of nitrogens with one attached hydrogen (secondary N) is 2. The maximum absolute atomic E-state index is 11.5. The monoisotopic (exact) mass is 249 g/mol. The van der Waals surface area contributed by atoms with E-state index in [1.807, 2.05) is 0 Å². The standard InChI is InChI=1S/C11H15N5O2/c1-11(2,3)18-10(17)15-14-8-9-13-5-7-16(9)6-4-12-8/h4-7H,1-3H3,(H,12,14)(H,15,17). The molecule has 96 valence electrons. The molecule has 0 atom stereocenters. The van der Waals surface area contributed by atoms with Gasteiger partial charge in [0.25, 0.3) is 0 Å². The van der Waals surface area contributed by atoms with Crippen LogP contribution in [0.4, 0.5) is 10.6 Å². The van der Waals surface area contributed by atoms with E-state index in [4.69, 9.17) is 4.74 Å². The van der Waals surface area contributed by atoms with Gasteiger partial charge < -0.3 is 9.14 Å². The number of ether oxygens (including phenoxy) is 1. The zero-order valence-electron chi connectivity index (χ0n) is 10.5. The van der Waals surface area contributed by atoms with Crippen LogP contribution >= 0.6 is 0 Å². The lowest BCUT2D eigenvalue weighted by Gasteiger charge is -2.19. The molecule has 0 aliphatic carbocycles. The Labute approximate surface area is 104 Å². The molecule has 7 nitrogen and oxygen atoms in total. The second kappa shape index (κ2) is 4.52. The van der Waals surface area contributed by atoms with E-state index >= 15 is 0 Å². The molecule has 2 N–H and O–H groups in total. The van der Waals surface area contributed by atoms with Gasteiger partial charge in [-0.1, -0.05) is 0 Å². The fraction of sp³-hybridized carbons (Fsp3) is 0.364. The Balaban J connectivity index is 2.02. The van der Waals surface area contributed by atoms with Gasteiger partial charge in [-0.25, -0.2) is 20.2 Å². The second-order valence-electron chi connectivity index (χ2n) is 4.69. The average molecular weight is 249 g/mol.